The van der Waals surface area contributed by atoms with Gasteiger partial charge in [0.25, 0.3) is 5.91 Å². The lowest BCUT2D eigenvalue weighted by Gasteiger charge is -2.33. The Bertz CT molecular complexity index is 660. The van der Waals surface area contributed by atoms with Crippen molar-refractivity contribution in [1.82, 2.24) is 25.0 Å². The van der Waals surface area contributed by atoms with Crippen molar-refractivity contribution in [3.63, 3.8) is 0 Å². The average Bonchev–Trinajstić information content (AvgIpc) is 3.05. The molecule has 112 valence electrons. The van der Waals surface area contributed by atoms with Gasteiger partial charge in [-0.15, -0.1) is 0 Å². The third kappa shape index (κ3) is 2.56. The largest absolute Gasteiger partial charge is 0.440 e. The zero-order valence-corrected chi connectivity index (χ0v) is 12.5. The molecule has 1 atom stereocenters. The fourth-order valence-corrected chi connectivity index (χ4v) is 2.53. The van der Waals surface area contributed by atoms with E-state index in [2.05, 4.69) is 15.4 Å². The van der Waals surface area contributed by atoms with Crippen LogP contribution in [-0.4, -0.2) is 51.2 Å². The lowest BCUT2D eigenvalue weighted by molar-refractivity contribution is 0.0648. The molecule has 7 heteroatoms. The molecular weight excluding hydrogens is 270 g/mol. The molecule has 1 N–H and O–H groups in total. The summed E-state index contributed by atoms with van der Waals surface area (Å²) in [5.41, 5.74) is 1.16. The summed E-state index contributed by atoms with van der Waals surface area (Å²) in [6, 6.07) is 0.157. The number of nitrogens with one attached hydrogen (secondary N) is 1. The summed E-state index contributed by atoms with van der Waals surface area (Å²) in [6.45, 7) is 6.10. The highest BCUT2D eigenvalue weighted by atomic mass is 16.4. The predicted molar refractivity (Wildman–Crippen MR) is 76.8 cm³/mol. The van der Waals surface area contributed by atoms with E-state index in [9.17, 15) is 4.79 Å². The summed E-state index contributed by atoms with van der Waals surface area (Å²) >= 11 is 0. The molecule has 0 aromatic carbocycles. The summed E-state index contributed by atoms with van der Waals surface area (Å²) < 4.78 is 7.31. The summed E-state index contributed by atoms with van der Waals surface area (Å²) in [5, 5.41) is 7.36. The van der Waals surface area contributed by atoms with Gasteiger partial charge in [0.15, 0.2) is 5.69 Å². The first kappa shape index (κ1) is 13.8. The Morgan fingerprint density at radius 3 is 3.00 bits per heavy atom. The van der Waals surface area contributed by atoms with Crippen LogP contribution in [0.4, 0.5) is 0 Å². The van der Waals surface area contributed by atoms with Crippen LogP contribution in [0.1, 0.15) is 23.2 Å². The first-order valence-electron chi connectivity index (χ1n) is 7.04. The highest BCUT2D eigenvalue weighted by Gasteiger charge is 2.28. The van der Waals surface area contributed by atoms with Crippen molar-refractivity contribution in [2.24, 2.45) is 7.05 Å². The second-order valence-corrected chi connectivity index (χ2v) is 5.38. The van der Waals surface area contributed by atoms with E-state index in [1.54, 1.807) is 17.8 Å². The smallest absolute Gasteiger partial charge is 0.276 e. The number of hydrogen-bond acceptors (Lipinski definition) is 5. The van der Waals surface area contributed by atoms with Crippen LogP contribution in [0, 0.1) is 6.92 Å². The first-order chi connectivity index (χ1) is 10.1. The number of rotatable bonds is 2. The fourth-order valence-electron chi connectivity index (χ4n) is 2.53. The van der Waals surface area contributed by atoms with E-state index in [0.29, 0.717) is 23.9 Å². The topological polar surface area (TPSA) is 76.2 Å². The predicted octanol–water partition coefficient (Wildman–Crippen LogP) is 0.817. The molecule has 0 saturated carbocycles. The Balaban J connectivity index is 1.88. The maximum atomic E-state index is 12.6. The number of amides is 1. The highest BCUT2D eigenvalue weighted by molar-refractivity contribution is 5.94. The number of aromatic nitrogens is 3. The number of aryl methyl sites for hydroxylation is 2. The third-order valence-corrected chi connectivity index (χ3v) is 3.71. The molecule has 1 fully saturated rings. The Labute approximate surface area is 122 Å². The normalized spacial score (nSPS) is 19.0. The molecule has 1 saturated heterocycles. The Morgan fingerprint density at radius 2 is 2.33 bits per heavy atom. The van der Waals surface area contributed by atoms with Crippen LogP contribution in [0.2, 0.25) is 0 Å². The summed E-state index contributed by atoms with van der Waals surface area (Å²) in [6.07, 6.45) is 3.49. The van der Waals surface area contributed by atoms with Crippen LogP contribution in [0.3, 0.4) is 0 Å². The van der Waals surface area contributed by atoms with Gasteiger partial charge in [0, 0.05) is 38.9 Å². The Kier molecular flexibility index (Phi) is 3.50. The van der Waals surface area contributed by atoms with Crippen molar-refractivity contribution < 1.29 is 9.21 Å². The SMILES string of the molecule is Cc1oc(-c2cnn(C)c2)nc1C(=O)N1CCNC[C@H]1C. The summed E-state index contributed by atoms with van der Waals surface area (Å²) in [4.78, 5) is 18.8. The Hall–Kier alpha value is -2.15. The molecule has 0 aliphatic carbocycles. The van der Waals surface area contributed by atoms with E-state index in [1.807, 2.05) is 25.1 Å². The molecule has 1 amide bonds. The van der Waals surface area contributed by atoms with Gasteiger partial charge in [0.05, 0.1) is 11.8 Å². The van der Waals surface area contributed by atoms with Crippen molar-refractivity contribution in [3.05, 3.63) is 23.8 Å². The van der Waals surface area contributed by atoms with Crippen molar-refractivity contribution in [2.75, 3.05) is 19.6 Å². The quantitative estimate of drug-likeness (QED) is 0.885. The molecule has 0 radical (unpaired) electrons. The zero-order valence-electron chi connectivity index (χ0n) is 12.5. The monoisotopic (exact) mass is 289 g/mol. The molecular formula is C14H19N5O2. The maximum absolute atomic E-state index is 12.6. The van der Waals surface area contributed by atoms with Gasteiger partial charge in [-0.25, -0.2) is 4.98 Å². The van der Waals surface area contributed by atoms with E-state index in [1.165, 1.54) is 0 Å². The van der Waals surface area contributed by atoms with E-state index >= 15 is 0 Å². The van der Waals surface area contributed by atoms with Crippen molar-refractivity contribution >= 4 is 5.91 Å². The summed E-state index contributed by atoms with van der Waals surface area (Å²) in [7, 11) is 1.83. The Morgan fingerprint density at radius 1 is 1.52 bits per heavy atom. The number of carbonyl (C=O) groups is 1. The first-order valence-corrected chi connectivity index (χ1v) is 7.04. The lowest BCUT2D eigenvalue weighted by atomic mass is 10.2. The molecule has 1 aliphatic heterocycles. The molecule has 1 aliphatic rings. The number of oxazole rings is 1. The van der Waals surface area contributed by atoms with Gasteiger partial charge in [-0.05, 0) is 13.8 Å². The molecule has 2 aromatic heterocycles. The molecule has 7 nitrogen and oxygen atoms in total. The van der Waals surface area contributed by atoms with Gasteiger partial charge in [-0.1, -0.05) is 0 Å². The zero-order chi connectivity index (χ0) is 15.0. The van der Waals surface area contributed by atoms with E-state index in [-0.39, 0.29) is 11.9 Å². The van der Waals surface area contributed by atoms with Gasteiger partial charge < -0.3 is 14.6 Å². The third-order valence-electron chi connectivity index (χ3n) is 3.71. The minimum absolute atomic E-state index is 0.0691. The molecule has 3 heterocycles. The molecule has 2 aromatic rings. The lowest BCUT2D eigenvalue weighted by Crippen LogP contribution is -2.52. The number of piperazine rings is 1. The van der Waals surface area contributed by atoms with Crippen LogP contribution < -0.4 is 5.32 Å². The van der Waals surface area contributed by atoms with Crippen LogP contribution in [-0.2, 0) is 7.05 Å². The van der Waals surface area contributed by atoms with E-state index in [4.69, 9.17) is 4.42 Å². The second-order valence-electron chi connectivity index (χ2n) is 5.38. The van der Waals surface area contributed by atoms with Crippen molar-refractivity contribution in [2.45, 2.75) is 19.9 Å². The second kappa shape index (κ2) is 5.33. The van der Waals surface area contributed by atoms with Gasteiger partial charge in [-0.3, -0.25) is 9.48 Å². The number of nitrogens with zero attached hydrogens (tertiary/aromatic N) is 4. The molecule has 21 heavy (non-hydrogen) atoms. The number of hydrogen-bond donors (Lipinski definition) is 1. The molecule has 0 spiro atoms. The van der Waals surface area contributed by atoms with Gasteiger partial charge in [0.2, 0.25) is 5.89 Å². The number of carbonyl (C=O) groups excluding carboxylic acids is 1. The molecule has 3 rings (SSSR count). The maximum Gasteiger partial charge on any atom is 0.276 e. The van der Waals surface area contributed by atoms with E-state index in [0.717, 1.165) is 18.7 Å². The molecule has 0 unspecified atom stereocenters. The van der Waals surface area contributed by atoms with Crippen molar-refractivity contribution in [3.8, 4) is 11.5 Å². The standard InChI is InChI=1S/C14H19N5O2/c1-9-6-15-4-5-19(9)14(20)12-10(2)21-13(17-12)11-7-16-18(3)8-11/h7-9,15H,4-6H2,1-3H3/t9-/m1/s1. The minimum atomic E-state index is -0.0691. The fraction of sp³-hybridized carbons (Fsp3) is 0.500. The summed E-state index contributed by atoms with van der Waals surface area (Å²) in [5.74, 6) is 0.914. The average molecular weight is 289 g/mol. The van der Waals surface area contributed by atoms with E-state index < -0.39 is 0 Å². The van der Waals surface area contributed by atoms with Gasteiger partial charge in [-0.2, -0.15) is 5.10 Å². The minimum Gasteiger partial charge on any atom is -0.440 e. The highest BCUT2D eigenvalue weighted by Crippen LogP contribution is 2.22. The van der Waals surface area contributed by atoms with Crippen LogP contribution in [0.25, 0.3) is 11.5 Å². The molecule has 0 bridgehead atoms. The van der Waals surface area contributed by atoms with Crippen LogP contribution in [0.5, 0.6) is 0 Å². The van der Waals surface area contributed by atoms with Gasteiger partial charge in [0.1, 0.15) is 5.76 Å². The van der Waals surface area contributed by atoms with Crippen molar-refractivity contribution in [1.29, 1.82) is 0 Å². The van der Waals surface area contributed by atoms with Crippen LogP contribution >= 0.6 is 0 Å². The van der Waals surface area contributed by atoms with Crippen LogP contribution in [0.15, 0.2) is 16.8 Å². The van der Waals surface area contributed by atoms with Gasteiger partial charge >= 0.3 is 0 Å².